The lowest BCUT2D eigenvalue weighted by Crippen LogP contribution is -2.40. The largest absolute Gasteiger partial charge is 0.483 e. The van der Waals surface area contributed by atoms with Gasteiger partial charge in [0.15, 0.2) is 6.61 Å². The summed E-state index contributed by atoms with van der Waals surface area (Å²) in [6.07, 6.45) is 0. The number of halogens is 2. The molecule has 0 spiro atoms. The number of aryl methyl sites for hydroxylation is 1. The molecule has 0 unspecified atom stereocenters. The second-order valence-corrected chi connectivity index (χ2v) is 9.19. The van der Waals surface area contributed by atoms with Gasteiger partial charge in [0.2, 0.25) is 10.0 Å². The lowest BCUT2D eigenvalue weighted by molar-refractivity contribution is -0.118. The van der Waals surface area contributed by atoms with Crippen LogP contribution in [0.5, 0.6) is 5.75 Å². The molecule has 0 aliphatic carbocycles. The second-order valence-electron chi connectivity index (χ2n) is 6.40. The van der Waals surface area contributed by atoms with Gasteiger partial charge in [0.25, 0.3) is 5.91 Å². The van der Waals surface area contributed by atoms with Gasteiger partial charge in [0, 0.05) is 18.1 Å². The van der Waals surface area contributed by atoms with Gasteiger partial charge in [-0.3, -0.25) is 4.79 Å². The standard InChI is InChI=1S/C19H20Cl2N2O5S/c1-13-10-14(20)2-5-18(13)28-12-19(24)22-17-11-15(3-4-16(17)21)29(25,26)23-6-8-27-9-7-23/h2-5,10-11H,6-9,12H2,1H3,(H,22,24). The summed E-state index contributed by atoms with van der Waals surface area (Å²) in [5, 5.41) is 3.39. The fourth-order valence-electron chi connectivity index (χ4n) is 2.80. The minimum Gasteiger partial charge on any atom is -0.483 e. The van der Waals surface area contributed by atoms with Crippen molar-refractivity contribution in [1.82, 2.24) is 4.31 Å². The molecule has 1 aliphatic heterocycles. The lowest BCUT2D eigenvalue weighted by atomic mass is 10.2. The van der Waals surface area contributed by atoms with Crippen molar-refractivity contribution >= 4 is 44.8 Å². The van der Waals surface area contributed by atoms with Gasteiger partial charge >= 0.3 is 0 Å². The van der Waals surface area contributed by atoms with E-state index in [4.69, 9.17) is 32.7 Å². The molecule has 156 valence electrons. The molecule has 1 aliphatic rings. The van der Waals surface area contributed by atoms with Gasteiger partial charge in [-0.1, -0.05) is 23.2 Å². The summed E-state index contributed by atoms with van der Waals surface area (Å²) in [6, 6.07) is 9.27. The maximum absolute atomic E-state index is 12.8. The molecular weight excluding hydrogens is 439 g/mol. The zero-order valence-corrected chi connectivity index (χ0v) is 18.0. The van der Waals surface area contributed by atoms with E-state index in [2.05, 4.69) is 5.32 Å². The van der Waals surface area contributed by atoms with E-state index in [1.54, 1.807) is 18.2 Å². The summed E-state index contributed by atoms with van der Waals surface area (Å²) in [6.45, 7) is 2.80. The van der Waals surface area contributed by atoms with Gasteiger partial charge in [-0.2, -0.15) is 4.31 Å². The average Bonchev–Trinajstić information content (AvgIpc) is 2.69. The van der Waals surface area contributed by atoms with E-state index in [1.807, 2.05) is 6.92 Å². The molecular formula is C19H20Cl2N2O5S. The van der Waals surface area contributed by atoms with Crippen molar-refractivity contribution in [2.24, 2.45) is 0 Å². The van der Waals surface area contributed by atoms with Crippen LogP contribution < -0.4 is 10.1 Å². The molecule has 1 fully saturated rings. The first-order valence-corrected chi connectivity index (χ1v) is 11.0. The topological polar surface area (TPSA) is 84.9 Å². The van der Waals surface area contributed by atoms with Crippen molar-refractivity contribution in [1.29, 1.82) is 0 Å². The van der Waals surface area contributed by atoms with E-state index < -0.39 is 15.9 Å². The lowest BCUT2D eigenvalue weighted by Gasteiger charge is -2.26. The van der Waals surface area contributed by atoms with Crippen LogP contribution in [-0.2, 0) is 19.6 Å². The molecule has 0 saturated carbocycles. The number of morpholine rings is 1. The molecule has 10 heteroatoms. The summed E-state index contributed by atoms with van der Waals surface area (Å²) in [5.41, 5.74) is 0.990. The second kappa shape index (κ2) is 9.32. The number of benzene rings is 2. The first-order valence-electron chi connectivity index (χ1n) is 8.83. The van der Waals surface area contributed by atoms with Crippen molar-refractivity contribution in [3.63, 3.8) is 0 Å². The quantitative estimate of drug-likeness (QED) is 0.717. The van der Waals surface area contributed by atoms with Crippen LogP contribution in [0.2, 0.25) is 10.0 Å². The highest BCUT2D eigenvalue weighted by Crippen LogP contribution is 2.27. The monoisotopic (exact) mass is 458 g/mol. The summed E-state index contributed by atoms with van der Waals surface area (Å²) >= 11 is 12.0. The molecule has 7 nitrogen and oxygen atoms in total. The number of nitrogens with zero attached hydrogens (tertiary/aromatic N) is 1. The minimum atomic E-state index is -3.70. The predicted octanol–water partition coefficient (Wildman–Crippen LogP) is 3.34. The summed E-state index contributed by atoms with van der Waals surface area (Å²) < 4.78 is 37.6. The Morgan fingerprint density at radius 3 is 2.59 bits per heavy atom. The van der Waals surface area contributed by atoms with Gasteiger partial charge in [-0.05, 0) is 48.9 Å². The van der Waals surface area contributed by atoms with Crippen molar-refractivity contribution in [2.45, 2.75) is 11.8 Å². The van der Waals surface area contributed by atoms with Crippen molar-refractivity contribution in [2.75, 3.05) is 38.2 Å². The molecule has 1 heterocycles. The fourth-order valence-corrected chi connectivity index (χ4v) is 4.63. The SMILES string of the molecule is Cc1cc(Cl)ccc1OCC(=O)Nc1cc(S(=O)(=O)N2CCOCC2)ccc1Cl. The first-order chi connectivity index (χ1) is 13.8. The smallest absolute Gasteiger partial charge is 0.262 e. The van der Waals surface area contributed by atoms with E-state index >= 15 is 0 Å². The van der Waals surface area contributed by atoms with Crippen molar-refractivity contribution in [3.05, 3.63) is 52.0 Å². The summed E-state index contributed by atoms with van der Waals surface area (Å²) in [7, 11) is -3.70. The maximum atomic E-state index is 12.8. The van der Waals surface area contributed by atoms with Crippen molar-refractivity contribution < 1.29 is 22.7 Å². The Morgan fingerprint density at radius 2 is 1.90 bits per heavy atom. The van der Waals surface area contributed by atoms with Crippen LogP contribution in [0.4, 0.5) is 5.69 Å². The molecule has 0 atom stereocenters. The fraction of sp³-hybridized carbons (Fsp3) is 0.316. The third-order valence-corrected chi connectivity index (χ3v) is 6.77. The molecule has 0 radical (unpaired) electrons. The number of ether oxygens (including phenoxy) is 2. The molecule has 2 aromatic carbocycles. The predicted molar refractivity (Wildman–Crippen MR) is 111 cm³/mol. The van der Waals surface area contributed by atoms with Gasteiger partial charge in [0.1, 0.15) is 5.75 Å². The molecule has 1 saturated heterocycles. The molecule has 29 heavy (non-hydrogen) atoms. The van der Waals surface area contributed by atoms with E-state index in [9.17, 15) is 13.2 Å². The zero-order valence-electron chi connectivity index (χ0n) is 15.7. The highest BCUT2D eigenvalue weighted by Gasteiger charge is 2.27. The first kappa shape index (κ1) is 21.9. The van der Waals surface area contributed by atoms with Crippen LogP contribution in [0.3, 0.4) is 0 Å². The minimum absolute atomic E-state index is 0.0496. The highest BCUT2D eigenvalue weighted by atomic mass is 35.5. The van der Waals surface area contributed by atoms with Gasteiger partial charge < -0.3 is 14.8 Å². The van der Waals surface area contributed by atoms with Gasteiger partial charge in [0.05, 0.1) is 28.8 Å². The molecule has 0 bridgehead atoms. The number of hydrogen-bond acceptors (Lipinski definition) is 5. The van der Waals surface area contributed by atoms with Crippen LogP contribution in [0.25, 0.3) is 0 Å². The number of rotatable bonds is 6. The number of carbonyl (C=O) groups excluding carboxylic acids is 1. The Morgan fingerprint density at radius 1 is 1.17 bits per heavy atom. The van der Waals surface area contributed by atoms with Gasteiger partial charge in [-0.15, -0.1) is 0 Å². The number of hydrogen-bond donors (Lipinski definition) is 1. The summed E-state index contributed by atoms with van der Waals surface area (Å²) in [5.74, 6) is 0.0569. The van der Waals surface area contributed by atoms with E-state index in [0.29, 0.717) is 24.0 Å². The Kier molecular flexibility index (Phi) is 7.02. The molecule has 2 aromatic rings. The number of anilines is 1. The number of sulfonamides is 1. The third kappa shape index (κ3) is 5.40. The van der Waals surface area contributed by atoms with Crippen LogP contribution in [0, 0.1) is 6.92 Å². The molecule has 1 amide bonds. The maximum Gasteiger partial charge on any atom is 0.262 e. The van der Waals surface area contributed by atoms with E-state index in [0.717, 1.165) is 5.56 Å². The van der Waals surface area contributed by atoms with E-state index in [1.165, 1.54) is 22.5 Å². The highest BCUT2D eigenvalue weighted by molar-refractivity contribution is 7.89. The van der Waals surface area contributed by atoms with Crippen LogP contribution >= 0.6 is 23.2 Å². The Balaban J connectivity index is 1.70. The number of carbonyl (C=O) groups is 1. The average molecular weight is 459 g/mol. The van der Waals surface area contributed by atoms with Crippen molar-refractivity contribution in [3.8, 4) is 5.75 Å². The Hall–Kier alpha value is -1.84. The van der Waals surface area contributed by atoms with E-state index in [-0.39, 0.29) is 35.3 Å². The number of amides is 1. The molecule has 3 rings (SSSR count). The number of nitrogens with one attached hydrogen (secondary N) is 1. The molecule has 0 aromatic heterocycles. The summed E-state index contributed by atoms with van der Waals surface area (Å²) in [4.78, 5) is 12.3. The van der Waals surface area contributed by atoms with Crippen LogP contribution in [0.15, 0.2) is 41.3 Å². The normalized spacial score (nSPS) is 15.1. The zero-order chi connectivity index (χ0) is 21.0. The Labute approximate surface area is 179 Å². The van der Waals surface area contributed by atoms with Crippen LogP contribution in [0.1, 0.15) is 5.56 Å². The molecule has 1 N–H and O–H groups in total. The third-order valence-electron chi connectivity index (χ3n) is 4.32. The van der Waals surface area contributed by atoms with Crippen LogP contribution in [-0.4, -0.2) is 51.5 Å². The van der Waals surface area contributed by atoms with Gasteiger partial charge in [-0.25, -0.2) is 8.42 Å². The Bertz CT molecular complexity index is 1010.